The van der Waals surface area contributed by atoms with E-state index in [1.165, 1.54) is 0 Å². The van der Waals surface area contributed by atoms with Gasteiger partial charge >= 0.3 is 0 Å². The van der Waals surface area contributed by atoms with Crippen LogP contribution in [0.1, 0.15) is 29.1 Å². The predicted molar refractivity (Wildman–Crippen MR) is 99.1 cm³/mol. The van der Waals surface area contributed by atoms with Crippen LogP contribution >= 0.6 is 67.8 Å². The lowest BCUT2D eigenvalue weighted by Gasteiger charge is -2.13. The third-order valence-electron chi connectivity index (χ3n) is 2.51. The van der Waals surface area contributed by atoms with Gasteiger partial charge in [-0.3, -0.25) is 4.79 Å². The second-order valence-electron chi connectivity index (χ2n) is 3.92. The van der Waals surface area contributed by atoms with Gasteiger partial charge in [0.1, 0.15) is 5.82 Å². The molecule has 2 aromatic rings. The number of nitrogens with zero attached hydrogens (tertiary/aromatic N) is 1. The molecule has 0 aliphatic rings. The van der Waals surface area contributed by atoms with Crippen molar-refractivity contribution < 1.29 is 4.79 Å². The summed E-state index contributed by atoms with van der Waals surface area (Å²) in [6.45, 7) is 1.91. The standard InChI is InChI=1S/C12H10I3N3O/c1-6(11-16-2-3-17-11)18-12(19)8-4-7(13)5-9(14)10(8)15/h2-6H,1H3,(H,16,17)(H,18,19). The number of rotatable bonds is 3. The number of imidazole rings is 1. The number of benzene rings is 1. The molecule has 2 rings (SSSR count). The number of halogens is 3. The Bertz CT molecular complexity index is 599. The van der Waals surface area contributed by atoms with Gasteiger partial charge in [-0.2, -0.15) is 0 Å². The van der Waals surface area contributed by atoms with Gasteiger partial charge in [-0.05, 0) is 86.8 Å². The topological polar surface area (TPSA) is 57.8 Å². The molecule has 19 heavy (non-hydrogen) atoms. The fourth-order valence-electron chi connectivity index (χ4n) is 1.58. The number of amides is 1. The van der Waals surface area contributed by atoms with Crippen molar-refractivity contribution in [1.82, 2.24) is 15.3 Å². The third-order valence-corrected chi connectivity index (χ3v) is 6.18. The van der Waals surface area contributed by atoms with Crippen molar-refractivity contribution >= 4 is 73.7 Å². The maximum absolute atomic E-state index is 12.3. The number of carbonyl (C=O) groups is 1. The molecule has 7 heteroatoms. The van der Waals surface area contributed by atoms with Crippen LogP contribution in [0.5, 0.6) is 0 Å². The molecule has 100 valence electrons. The van der Waals surface area contributed by atoms with Crippen LogP contribution in [0.15, 0.2) is 24.5 Å². The number of aromatic nitrogens is 2. The normalized spacial score (nSPS) is 12.2. The summed E-state index contributed by atoms with van der Waals surface area (Å²) >= 11 is 6.66. The molecule has 1 unspecified atom stereocenters. The minimum Gasteiger partial charge on any atom is -0.347 e. The maximum Gasteiger partial charge on any atom is 0.253 e. The first-order valence-electron chi connectivity index (χ1n) is 5.43. The highest BCUT2D eigenvalue weighted by molar-refractivity contribution is 14.1. The van der Waals surface area contributed by atoms with E-state index in [4.69, 9.17) is 0 Å². The van der Waals surface area contributed by atoms with E-state index < -0.39 is 0 Å². The minimum atomic E-state index is -0.145. The number of nitrogens with one attached hydrogen (secondary N) is 2. The molecule has 1 aromatic heterocycles. The van der Waals surface area contributed by atoms with E-state index in [9.17, 15) is 4.79 Å². The summed E-state index contributed by atoms with van der Waals surface area (Å²) in [5.41, 5.74) is 0.704. The summed E-state index contributed by atoms with van der Waals surface area (Å²) in [6, 6.07) is 3.80. The Labute approximate surface area is 152 Å². The molecule has 1 atom stereocenters. The van der Waals surface area contributed by atoms with Crippen LogP contribution in [0, 0.1) is 10.7 Å². The summed E-state index contributed by atoms with van der Waals surface area (Å²) in [5.74, 6) is 0.674. The van der Waals surface area contributed by atoms with Crippen LogP contribution in [-0.2, 0) is 0 Å². The molecule has 0 saturated carbocycles. The number of H-pyrrole nitrogens is 1. The van der Waals surface area contributed by atoms with Crippen molar-refractivity contribution in [3.8, 4) is 0 Å². The van der Waals surface area contributed by atoms with E-state index in [-0.39, 0.29) is 11.9 Å². The SMILES string of the molecule is CC(NC(=O)c1cc(I)cc(I)c1I)c1ncc[nH]1. The molecule has 1 aromatic carbocycles. The fraction of sp³-hybridized carbons (Fsp3) is 0.167. The van der Waals surface area contributed by atoms with Crippen LogP contribution in [0.3, 0.4) is 0 Å². The highest BCUT2D eigenvalue weighted by atomic mass is 127. The first kappa shape index (κ1) is 15.5. The Morgan fingerprint density at radius 2 is 2.11 bits per heavy atom. The third kappa shape index (κ3) is 3.80. The molecule has 2 N–H and O–H groups in total. The summed E-state index contributed by atoms with van der Waals surface area (Å²) < 4.78 is 3.11. The molecular weight excluding hydrogens is 583 g/mol. The molecule has 0 saturated heterocycles. The van der Waals surface area contributed by atoms with Crippen molar-refractivity contribution in [3.63, 3.8) is 0 Å². The van der Waals surface area contributed by atoms with Gasteiger partial charge in [0.25, 0.3) is 5.91 Å². The van der Waals surface area contributed by atoms with Crippen LogP contribution < -0.4 is 5.32 Å². The molecule has 4 nitrogen and oxygen atoms in total. The van der Waals surface area contributed by atoms with Crippen molar-refractivity contribution in [3.05, 3.63) is 46.6 Å². The minimum absolute atomic E-state index is 0.0790. The highest BCUT2D eigenvalue weighted by Gasteiger charge is 2.17. The van der Waals surface area contributed by atoms with E-state index in [0.29, 0.717) is 5.56 Å². The van der Waals surface area contributed by atoms with E-state index in [0.717, 1.165) is 16.5 Å². The number of hydrogen-bond acceptors (Lipinski definition) is 2. The number of aromatic amines is 1. The Balaban J connectivity index is 2.21. The molecule has 1 heterocycles. The van der Waals surface area contributed by atoms with Gasteiger partial charge in [0, 0.05) is 23.1 Å². The molecular formula is C12H10I3N3O. The average molecular weight is 593 g/mol. The number of hydrogen-bond donors (Lipinski definition) is 2. The van der Waals surface area contributed by atoms with Gasteiger partial charge in [-0.15, -0.1) is 0 Å². The molecule has 0 fully saturated rings. The van der Waals surface area contributed by atoms with Crippen molar-refractivity contribution in [2.24, 2.45) is 0 Å². The lowest BCUT2D eigenvalue weighted by molar-refractivity contribution is 0.0937. The van der Waals surface area contributed by atoms with Crippen LogP contribution in [0.25, 0.3) is 0 Å². The van der Waals surface area contributed by atoms with E-state index in [1.807, 2.05) is 13.0 Å². The zero-order chi connectivity index (χ0) is 14.0. The monoisotopic (exact) mass is 593 g/mol. The van der Waals surface area contributed by atoms with Crippen molar-refractivity contribution in [2.45, 2.75) is 13.0 Å². The number of carbonyl (C=O) groups excluding carboxylic acids is 1. The molecule has 0 bridgehead atoms. The first-order valence-corrected chi connectivity index (χ1v) is 8.67. The van der Waals surface area contributed by atoms with Gasteiger partial charge in [-0.1, -0.05) is 0 Å². The second kappa shape index (κ2) is 6.70. The quantitative estimate of drug-likeness (QED) is 0.422. The second-order valence-corrected chi connectivity index (χ2v) is 7.41. The smallest absolute Gasteiger partial charge is 0.253 e. The Kier molecular flexibility index (Phi) is 5.45. The Morgan fingerprint density at radius 1 is 1.37 bits per heavy atom. The lowest BCUT2D eigenvalue weighted by atomic mass is 10.2. The average Bonchev–Trinajstić information content (AvgIpc) is 2.87. The van der Waals surface area contributed by atoms with Crippen LogP contribution in [0.4, 0.5) is 0 Å². The van der Waals surface area contributed by atoms with E-state index in [2.05, 4.69) is 89.1 Å². The summed E-state index contributed by atoms with van der Waals surface area (Å²) in [4.78, 5) is 19.5. The molecule has 0 spiro atoms. The molecule has 0 aliphatic heterocycles. The first-order chi connectivity index (χ1) is 8.99. The van der Waals surface area contributed by atoms with E-state index >= 15 is 0 Å². The summed E-state index contributed by atoms with van der Waals surface area (Å²) in [5, 5.41) is 2.95. The molecule has 0 aliphatic carbocycles. The van der Waals surface area contributed by atoms with Gasteiger partial charge in [-0.25, -0.2) is 4.98 Å². The van der Waals surface area contributed by atoms with Gasteiger partial charge in [0.15, 0.2) is 0 Å². The summed E-state index contributed by atoms with van der Waals surface area (Å²) in [6.07, 6.45) is 3.42. The van der Waals surface area contributed by atoms with Crippen molar-refractivity contribution in [2.75, 3.05) is 0 Å². The zero-order valence-corrected chi connectivity index (χ0v) is 16.3. The van der Waals surface area contributed by atoms with Crippen LogP contribution in [-0.4, -0.2) is 15.9 Å². The molecule has 0 radical (unpaired) electrons. The molecule has 1 amide bonds. The van der Waals surface area contributed by atoms with Gasteiger partial charge in [0.05, 0.1) is 11.6 Å². The lowest BCUT2D eigenvalue weighted by Crippen LogP contribution is -2.28. The van der Waals surface area contributed by atoms with E-state index in [1.54, 1.807) is 12.4 Å². The Morgan fingerprint density at radius 3 is 2.74 bits per heavy atom. The summed E-state index contributed by atoms with van der Waals surface area (Å²) in [7, 11) is 0. The zero-order valence-electron chi connectivity index (χ0n) is 9.88. The Hall–Kier alpha value is 0.0900. The highest BCUT2D eigenvalue weighted by Crippen LogP contribution is 2.23. The largest absolute Gasteiger partial charge is 0.347 e. The predicted octanol–water partition coefficient (Wildman–Crippen LogP) is 3.71. The maximum atomic E-state index is 12.3. The van der Waals surface area contributed by atoms with Gasteiger partial charge in [0.2, 0.25) is 0 Å². The van der Waals surface area contributed by atoms with Crippen molar-refractivity contribution in [1.29, 1.82) is 0 Å². The fourth-order valence-corrected chi connectivity index (χ4v) is 3.98. The van der Waals surface area contributed by atoms with Gasteiger partial charge < -0.3 is 10.3 Å². The van der Waals surface area contributed by atoms with Crippen LogP contribution in [0.2, 0.25) is 0 Å².